The van der Waals surface area contributed by atoms with Gasteiger partial charge in [0, 0.05) is 18.1 Å². The molecule has 7 heteroatoms. The zero-order valence-corrected chi connectivity index (χ0v) is 11.7. The van der Waals surface area contributed by atoms with Crippen LogP contribution >= 0.6 is 11.6 Å². The second-order valence-electron chi connectivity index (χ2n) is 4.59. The molecule has 2 N–H and O–H groups in total. The average molecular weight is 300 g/mol. The van der Waals surface area contributed by atoms with Crippen LogP contribution in [0.2, 0.25) is 5.02 Å². The molecule has 0 radical (unpaired) electrons. The number of aliphatic carboxylic acids is 1. The topological polar surface area (TPSA) is 84.9 Å². The molecular formula is C13H14ClNO5. The molecule has 1 aromatic rings. The van der Waals surface area contributed by atoms with Crippen LogP contribution in [0.5, 0.6) is 11.5 Å². The van der Waals surface area contributed by atoms with Crippen molar-refractivity contribution in [3.05, 3.63) is 17.2 Å². The highest BCUT2D eigenvalue weighted by atomic mass is 35.5. The van der Waals surface area contributed by atoms with Gasteiger partial charge in [-0.2, -0.15) is 0 Å². The van der Waals surface area contributed by atoms with E-state index in [4.69, 9.17) is 26.2 Å². The zero-order valence-electron chi connectivity index (χ0n) is 11.0. The Morgan fingerprint density at radius 2 is 1.85 bits per heavy atom. The number of benzene rings is 1. The minimum Gasteiger partial charge on any atom is -0.481 e. The smallest absolute Gasteiger partial charge is 0.307 e. The number of anilines is 1. The first kappa shape index (κ1) is 14.5. The summed E-state index contributed by atoms with van der Waals surface area (Å²) in [5.74, 6) is -1.91. The summed E-state index contributed by atoms with van der Waals surface area (Å²) in [5, 5.41) is 11.8. The molecule has 1 amide bonds. The van der Waals surface area contributed by atoms with Crippen LogP contribution < -0.4 is 14.8 Å². The van der Waals surface area contributed by atoms with Crippen LogP contribution in [-0.2, 0) is 9.59 Å². The molecule has 1 aromatic carbocycles. The van der Waals surface area contributed by atoms with Crippen molar-refractivity contribution in [2.75, 3.05) is 12.1 Å². The summed E-state index contributed by atoms with van der Waals surface area (Å²) in [4.78, 5) is 22.9. The van der Waals surface area contributed by atoms with Crippen LogP contribution in [0.25, 0.3) is 0 Å². The molecule has 108 valence electrons. The largest absolute Gasteiger partial charge is 0.481 e. The molecule has 1 aliphatic heterocycles. The highest BCUT2D eigenvalue weighted by molar-refractivity contribution is 6.34. The highest BCUT2D eigenvalue weighted by Gasteiger charge is 2.27. The van der Waals surface area contributed by atoms with E-state index in [1.54, 1.807) is 19.1 Å². The van der Waals surface area contributed by atoms with Gasteiger partial charge < -0.3 is 19.9 Å². The lowest BCUT2D eigenvalue weighted by Crippen LogP contribution is -2.30. The molecule has 1 heterocycles. The van der Waals surface area contributed by atoms with Crippen molar-refractivity contribution in [2.24, 2.45) is 11.8 Å². The third-order valence-corrected chi connectivity index (χ3v) is 3.59. The van der Waals surface area contributed by atoms with E-state index in [-0.39, 0.29) is 6.79 Å². The minimum atomic E-state index is -1.02. The third-order valence-electron chi connectivity index (χ3n) is 3.27. The first-order valence-corrected chi connectivity index (χ1v) is 6.40. The molecule has 0 spiro atoms. The van der Waals surface area contributed by atoms with Crippen LogP contribution in [0.15, 0.2) is 12.1 Å². The molecule has 0 fully saturated rings. The van der Waals surface area contributed by atoms with Crippen LogP contribution in [0.4, 0.5) is 5.69 Å². The van der Waals surface area contributed by atoms with E-state index in [0.29, 0.717) is 22.2 Å². The Morgan fingerprint density at radius 3 is 2.45 bits per heavy atom. The molecule has 2 atom stereocenters. The van der Waals surface area contributed by atoms with Crippen molar-refractivity contribution in [3.8, 4) is 11.5 Å². The van der Waals surface area contributed by atoms with Gasteiger partial charge in [0.25, 0.3) is 0 Å². The average Bonchev–Trinajstić information content (AvgIpc) is 2.84. The fourth-order valence-corrected chi connectivity index (χ4v) is 1.90. The quantitative estimate of drug-likeness (QED) is 0.891. The summed E-state index contributed by atoms with van der Waals surface area (Å²) < 4.78 is 10.4. The van der Waals surface area contributed by atoms with E-state index in [9.17, 15) is 9.59 Å². The van der Waals surface area contributed by atoms with Gasteiger partial charge in [0.1, 0.15) is 0 Å². The van der Waals surface area contributed by atoms with Crippen molar-refractivity contribution >= 4 is 29.2 Å². The fourth-order valence-electron chi connectivity index (χ4n) is 1.70. The molecule has 0 saturated heterocycles. The maximum absolute atomic E-state index is 12.0. The summed E-state index contributed by atoms with van der Waals surface area (Å²) in [6.07, 6.45) is 0. The van der Waals surface area contributed by atoms with Crippen molar-refractivity contribution in [1.29, 1.82) is 0 Å². The molecule has 0 aliphatic carbocycles. The summed E-state index contributed by atoms with van der Waals surface area (Å²) in [7, 11) is 0. The lowest BCUT2D eigenvalue weighted by molar-refractivity contribution is -0.145. The fraction of sp³-hybridized carbons (Fsp3) is 0.385. The van der Waals surface area contributed by atoms with Crippen molar-refractivity contribution in [2.45, 2.75) is 13.8 Å². The first-order valence-electron chi connectivity index (χ1n) is 6.03. The molecule has 0 aromatic heterocycles. The summed E-state index contributed by atoms with van der Waals surface area (Å²) in [5.41, 5.74) is 0.366. The van der Waals surface area contributed by atoms with Gasteiger partial charge in [-0.15, -0.1) is 0 Å². The third kappa shape index (κ3) is 2.80. The Bertz CT molecular complexity index is 560. The Hall–Kier alpha value is -1.95. The maximum Gasteiger partial charge on any atom is 0.307 e. The van der Waals surface area contributed by atoms with E-state index in [1.165, 1.54) is 6.92 Å². The normalized spacial score (nSPS) is 15.6. The maximum atomic E-state index is 12.0. The van der Waals surface area contributed by atoms with Gasteiger partial charge in [-0.3, -0.25) is 9.59 Å². The van der Waals surface area contributed by atoms with Crippen LogP contribution in [-0.4, -0.2) is 23.8 Å². The molecule has 2 rings (SSSR count). The number of carbonyl (C=O) groups is 2. The van der Waals surface area contributed by atoms with Crippen LogP contribution in [0.3, 0.4) is 0 Å². The minimum absolute atomic E-state index is 0.107. The number of carbonyl (C=O) groups excluding carboxylic acids is 1. The lowest BCUT2D eigenvalue weighted by atomic mass is 9.95. The standard InChI is InChI=1S/C13H14ClNO5/c1-6(7(2)13(17)18)12(16)15-9-4-11-10(3-8(9)14)19-5-20-11/h3-4,6-7H,5H2,1-2H3,(H,15,16)(H,17,18). The zero-order chi connectivity index (χ0) is 14.9. The monoisotopic (exact) mass is 299 g/mol. The van der Waals surface area contributed by atoms with E-state index >= 15 is 0 Å². The van der Waals surface area contributed by atoms with E-state index in [2.05, 4.69) is 5.32 Å². The summed E-state index contributed by atoms with van der Waals surface area (Å²) in [6.45, 7) is 3.14. The first-order chi connectivity index (χ1) is 9.40. The van der Waals surface area contributed by atoms with Gasteiger partial charge in [0.2, 0.25) is 12.7 Å². The van der Waals surface area contributed by atoms with Gasteiger partial charge in [-0.1, -0.05) is 25.4 Å². The Labute approximate surface area is 120 Å². The molecule has 20 heavy (non-hydrogen) atoms. The Morgan fingerprint density at radius 1 is 1.25 bits per heavy atom. The molecule has 0 bridgehead atoms. The SMILES string of the molecule is CC(C(=O)O)C(C)C(=O)Nc1cc2c(cc1Cl)OCO2. The van der Waals surface area contributed by atoms with E-state index in [0.717, 1.165) is 0 Å². The van der Waals surface area contributed by atoms with Gasteiger partial charge in [0.15, 0.2) is 11.5 Å². The molecule has 0 saturated carbocycles. The second-order valence-corrected chi connectivity index (χ2v) is 5.00. The van der Waals surface area contributed by atoms with E-state index < -0.39 is 23.7 Å². The summed E-state index contributed by atoms with van der Waals surface area (Å²) >= 11 is 6.03. The van der Waals surface area contributed by atoms with Crippen molar-refractivity contribution in [3.63, 3.8) is 0 Å². The van der Waals surface area contributed by atoms with Gasteiger partial charge in [-0.25, -0.2) is 0 Å². The number of halogens is 1. The Balaban J connectivity index is 2.14. The Kier molecular flexibility index (Phi) is 4.04. The molecule has 6 nitrogen and oxygen atoms in total. The molecular weight excluding hydrogens is 286 g/mol. The number of nitrogens with one attached hydrogen (secondary N) is 1. The van der Waals surface area contributed by atoms with Gasteiger partial charge in [0.05, 0.1) is 16.6 Å². The van der Waals surface area contributed by atoms with Gasteiger partial charge >= 0.3 is 5.97 Å². The number of rotatable bonds is 4. The van der Waals surface area contributed by atoms with Crippen molar-refractivity contribution in [1.82, 2.24) is 0 Å². The highest BCUT2D eigenvalue weighted by Crippen LogP contribution is 2.39. The predicted octanol–water partition coefficient (Wildman–Crippen LogP) is 2.36. The number of carboxylic acids is 1. The number of ether oxygens (including phenoxy) is 2. The second kappa shape index (κ2) is 5.58. The number of carboxylic acid groups (broad SMARTS) is 1. The van der Waals surface area contributed by atoms with Crippen molar-refractivity contribution < 1.29 is 24.2 Å². The van der Waals surface area contributed by atoms with Crippen LogP contribution in [0.1, 0.15) is 13.8 Å². The number of hydrogen-bond acceptors (Lipinski definition) is 4. The molecule has 2 unspecified atom stereocenters. The van der Waals surface area contributed by atoms with E-state index in [1.807, 2.05) is 0 Å². The lowest BCUT2D eigenvalue weighted by Gasteiger charge is -2.16. The van der Waals surface area contributed by atoms with Gasteiger partial charge in [-0.05, 0) is 0 Å². The summed E-state index contributed by atoms with van der Waals surface area (Å²) in [6, 6.07) is 3.10. The predicted molar refractivity (Wildman–Crippen MR) is 72.2 cm³/mol. The van der Waals surface area contributed by atoms with Crippen LogP contribution in [0, 0.1) is 11.8 Å². The number of amides is 1. The number of hydrogen-bond donors (Lipinski definition) is 2. The number of fused-ring (bicyclic) bond motifs is 1. The molecule has 1 aliphatic rings.